The van der Waals surface area contributed by atoms with Crippen molar-refractivity contribution in [1.82, 2.24) is 0 Å². The third-order valence-electron chi connectivity index (χ3n) is 3.60. The molecule has 4 nitrogen and oxygen atoms in total. The molecule has 0 aliphatic heterocycles. The van der Waals surface area contributed by atoms with Crippen molar-refractivity contribution in [2.75, 3.05) is 6.61 Å². The zero-order valence-corrected chi connectivity index (χ0v) is 17.1. The third kappa shape index (κ3) is 14.9. The van der Waals surface area contributed by atoms with E-state index in [0.717, 1.165) is 29.1 Å². The van der Waals surface area contributed by atoms with Gasteiger partial charge in [-0.2, -0.15) is 0 Å². The smallest absolute Gasteiger partial charge is 0.328 e. The molecule has 3 aromatic carbocycles. The maximum absolute atomic E-state index is 10.1. The summed E-state index contributed by atoms with van der Waals surface area (Å²) in [5, 5.41) is 16.7. The average molecular weight is 431 g/mol. The third-order valence-corrected chi connectivity index (χ3v) is 3.60. The Bertz CT molecular complexity index is 944. The first kappa shape index (κ1) is 28.0. The normalized spacial score (nSPS) is 9.91. The first-order valence-corrected chi connectivity index (χ1v) is 9.61. The summed E-state index contributed by atoms with van der Waals surface area (Å²) in [6, 6.07) is 28.9. The molecule has 0 spiro atoms. The number of carbonyl (C=O) groups excluding carboxylic acids is 1. The number of hydrogen-bond donors (Lipinski definition) is 2. The Morgan fingerprint density at radius 1 is 0.688 bits per heavy atom. The first-order chi connectivity index (χ1) is 15.2. The van der Waals surface area contributed by atoms with Crippen LogP contribution in [0.25, 0.3) is 18.2 Å². The predicted octanol–water partition coefficient (Wildman–Crippen LogP) is 6.01. The van der Waals surface area contributed by atoms with Crippen LogP contribution in [0.15, 0.2) is 109 Å². The highest BCUT2D eigenvalue weighted by molar-refractivity contribution is 5.85. The van der Waals surface area contributed by atoms with E-state index in [2.05, 4.69) is 0 Å². The van der Waals surface area contributed by atoms with Crippen LogP contribution >= 0.6 is 0 Å². The van der Waals surface area contributed by atoms with Crippen molar-refractivity contribution in [3.63, 3.8) is 0 Å². The van der Waals surface area contributed by atoms with Gasteiger partial charge in [-0.05, 0) is 28.8 Å². The van der Waals surface area contributed by atoms with E-state index >= 15 is 0 Å². The molecular formula is C28H30O4. The number of carboxylic acids is 1. The van der Waals surface area contributed by atoms with Crippen molar-refractivity contribution in [3.05, 3.63) is 126 Å². The number of carboxylic acid groups (broad SMARTS) is 1. The van der Waals surface area contributed by atoms with Gasteiger partial charge in [-0.1, -0.05) is 117 Å². The van der Waals surface area contributed by atoms with Crippen molar-refractivity contribution in [2.45, 2.75) is 7.43 Å². The van der Waals surface area contributed by atoms with Crippen LogP contribution in [0.3, 0.4) is 0 Å². The van der Waals surface area contributed by atoms with Gasteiger partial charge in [0.2, 0.25) is 0 Å². The Hall–Kier alpha value is -4.02. The van der Waals surface area contributed by atoms with Gasteiger partial charge in [0.1, 0.15) is 6.29 Å². The molecule has 166 valence electrons. The van der Waals surface area contributed by atoms with Gasteiger partial charge in [-0.3, -0.25) is 4.79 Å². The van der Waals surface area contributed by atoms with E-state index in [1.807, 2.05) is 97.1 Å². The van der Waals surface area contributed by atoms with Gasteiger partial charge in [-0.15, -0.1) is 0 Å². The lowest BCUT2D eigenvalue weighted by Gasteiger charge is -1.88. The minimum Gasteiger partial charge on any atom is -0.478 e. The van der Waals surface area contributed by atoms with Crippen molar-refractivity contribution in [3.8, 4) is 0 Å². The van der Waals surface area contributed by atoms with Gasteiger partial charge < -0.3 is 10.2 Å². The maximum Gasteiger partial charge on any atom is 0.328 e. The number of aldehydes is 1. The fourth-order valence-electron chi connectivity index (χ4n) is 2.20. The molecule has 0 bridgehead atoms. The highest BCUT2D eigenvalue weighted by Crippen LogP contribution is 2.01. The van der Waals surface area contributed by atoms with Crippen LogP contribution in [0.5, 0.6) is 0 Å². The average Bonchev–Trinajstić information content (AvgIpc) is 2.83. The molecule has 2 N–H and O–H groups in total. The topological polar surface area (TPSA) is 74.6 Å². The Balaban J connectivity index is 0.000000444. The van der Waals surface area contributed by atoms with Crippen LogP contribution in [0, 0.1) is 0 Å². The lowest BCUT2D eigenvalue weighted by atomic mass is 10.2. The molecule has 0 saturated carbocycles. The highest BCUT2D eigenvalue weighted by atomic mass is 16.4. The zero-order chi connectivity index (χ0) is 22.6. The molecule has 0 fully saturated rings. The van der Waals surface area contributed by atoms with Crippen molar-refractivity contribution in [1.29, 1.82) is 0 Å². The number of allylic oxidation sites excluding steroid dienone is 1. The summed E-state index contributed by atoms with van der Waals surface area (Å²) in [4.78, 5) is 20.0. The SMILES string of the molecule is C.O=C(O)/C=C/c1ccccc1.O=C/C=C/c1ccccc1.OC/C=C/c1ccccc1. The lowest BCUT2D eigenvalue weighted by Crippen LogP contribution is -1.85. The summed E-state index contributed by atoms with van der Waals surface area (Å²) in [6.45, 7) is 0.106. The van der Waals surface area contributed by atoms with Gasteiger partial charge in [0.15, 0.2) is 0 Å². The van der Waals surface area contributed by atoms with Crippen LogP contribution in [0.2, 0.25) is 0 Å². The van der Waals surface area contributed by atoms with Gasteiger partial charge in [0, 0.05) is 6.08 Å². The van der Waals surface area contributed by atoms with Gasteiger partial charge in [-0.25, -0.2) is 4.79 Å². The van der Waals surface area contributed by atoms with Gasteiger partial charge in [0.05, 0.1) is 6.61 Å². The molecular weight excluding hydrogens is 400 g/mol. The molecule has 0 amide bonds. The Labute approximate surface area is 190 Å². The summed E-state index contributed by atoms with van der Waals surface area (Å²) >= 11 is 0. The number of aliphatic hydroxyl groups excluding tert-OH is 1. The first-order valence-electron chi connectivity index (χ1n) is 9.61. The largest absolute Gasteiger partial charge is 0.478 e. The fourth-order valence-corrected chi connectivity index (χ4v) is 2.20. The quantitative estimate of drug-likeness (QED) is 0.371. The lowest BCUT2D eigenvalue weighted by molar-refractivity contribution is -0.131. The van der Waals surface area contributed by atoms with Crippen LogP contribution in [0.1, 0.15) is 24.1 Å². The van der Waals surface area contributed by atoms with Crippen LogP contribution in [0.4, 0.5) is 0 Å². The minimum atomic E-state index is -0.922. The maximum atomic E-state index is 10.1. The molecule has 32 heavy (non-hydrogen) atoms. The summed E-state index contributed by atoms with van der Waals surface area (Å²) in [7, 11) is 0. The molecule has 0 atom stereocenters. The summed E-state index contributed by atoms with van der Waals surface area (Å²) in [5.41, 5.74) is 3.07. The molecule has 0 aliphatic carbocycles. The van der Waals surface area contributed by atoms with Crippen LogP contribution < -0.4 is 0 Å². The predicted molar refractivity (Wildman–Crippen MR) is 134 cm³/mol. The van der Waals surface area contributed by atoms with Crippen molar-refractivity contribution < 1.29 is 19.8 Å². The van der Waals surface area contributed by atoms with E-state index in [1.54, 1.807) is 18.2 Å². The number of benzene rings is 3. The van der Waals surface area contributed by atoms with E-state index in [4.69, 9.17) is 10.2 Å². The molecule has 3 rings (SSSR count). The molecule has 0 heterocycles. The van der Waals surface area contributed by atoms with E-state index in [9.17, 15) is 9.59 Å². The molecule has 0 saturated heterocycles. The fraction of sp³-hybridized carbons (Fsp3) is 0.0714. The second-order valence-corrected chi connectivity index (χ2v) is 5.98. The summed E-state index contributed by atoms with van der Waals surface area (Å²) in [5.74, 6) is -0.922. The number of aliphatic hydroxyl groups is 1. The van der Waals surface area contributed by atoms with E-state index in [-0.39, 0.29) is 14.0 Å². The standard InChI is InChI=1S/C9H8O2.C9H10O.C9H8O.CH4/c10-9(11)7-6-8-4-2-1-3-5-8;2*10-8-4-7-9-5-2-1-3-6-9;/h1-7H,(H,10,11);1-7,10H,8H2;1-8H;1H4/b7-6+;2*7-4+;. The van der Waals surface area contributed by atoms with E-state index < -0.39 is 5.97 Å². The van der Waals surface area contributed by atoms with E-state index in [0.29, 0.717) is 0 Å². The number of aliphatic carboxylic acids is 1. The van der Waals surface area contributed by atoms with Gasteiger partial charge >= 0.3 is 5.97 Å². The number of carbonyl (C=O) groups is 2. The summed E-state index contributed by atoms with van der Waals surface area (Å²) < 4.78 is 0. The second kappa shape index (κ2) is 19.0. The van der Waals surface area contributed by atoms with Gasteiger partial charge in [0.25, 0.3) is 0 Å². The number of hydrogen-bond acceptors (Lipinski definition) is 3. The molecule has 4 heteroatoms. The van der Waals surface area contributed by atoms with Crippen molar-refractivity contribution >= 4 is 30.5 Å². The summed E-state index contributed by atoms with van der Waals surface area (Å²) in [6.07, 6.45) is 10.3. The molecule has 0 radical (unpaired) electrons. The molecule has 3 aromatic rings. The Morgan fingerprint density at radius 2 is 1.09 bits per heavy atom. The molecule has 0 unspecified atom stereocenters. The molecule has 0 aliphatic rings. The molecule has 0 aromatic heterocycles. The van der Waals surface area contributed by atoms with Crippen molar-refractivity contribution in [2.24, 2.45) is 0 Å². The van der Waals surface area contributed by atoms with Crippen LogP contribution in [-0.2, 0) is 9.59 Å². The highest BCUT2D eigenvalue weighted by Gasteiger charge is 1.86. The van der Waals surface area contributed by atoms with Crippen LogP contribution in [-0.4, -0.2) is 29.1 Å². The Kier molecular flexibility index (Phi) is 16.6. The second-order valence-electron chi connectivity index (χ2n) is 5.98. The number of rotatable bonds is 6. The minimum absolute atomic E-state index is 0. The van der Waals surface area contributed by atoms with E-state index in [1.165, 1.54) is 6.08 Å². The monoisotopic (exact) mass is 430 g/mol. The Morgan fingerprint density at radius 3 is 1.47 bits per heavy atom. The zero-order valence-electron chi connectivity index (χ0n) is 17.1.